The molecule has 0 aromatic heterocycles. The van der Waals surface area contributed by atoms with E-state index in [0.29, 0.717) is 5.92 Å². The summed E-state index contributed by atoms with van der Waals surface area (Å²) in [6.45, 7) is 5.54. The van der Waals surface area contributed by atoms with Crippen LogP contribution in [0.4, 0.5) is 4.79 Å². The normalized spacial score (nSPS) is 22.3. The lowest BCUT2D eigenvalue weighted by atomic mass is 10.3. The van der Waals surface area contributed by atoms with E-state index in [1.807, 2.05) is 0 Å². The average Bonchev–Trinajstić information content (AvgIpc) is 2.95. The maximum absolute atomic E-state index is 11.7. The highest BCUT2D eigenvalue weighted by Gasteiger charge is 2.37. The van der Waals surface area contributed by atoms with Gasteiger partial charge in [-0.3, -0.25) is 4.79 Å². The van der Waals surface area contributed by atoms with E-state index in [4.69, 9.17) is 5.11 Å². The molecule has 1 aliphatic carbocycles. The number of nitrogens with one attached hydrogen (secondary N) is 1. The molecule has 1 aliphatic rings. The van der Waals surface area contributed by atoms with E-state index in [-0.39, 0.29) is 25.2 Å². The van der Waals surface area contributed by atoms with Crippen LogP contribution in [0.2, 0.25) is 0 Å². The summed E-state index contributed by atoms with van der Waals surface area (Å²) in [7, 11) is 0. The third-order valence-corrected chi connectivity index (χ3v) is 2.72. The molecule has 1 rings (SSSR count). The van der Waals surface area contributed by atoms with Gasteiger partial charge < -0.3 is 15.3 Å². The Hall–Kier alpha value is -1.52. The second-order valence-corrected chi connectivity index (χ2v) is 4.02. The monoisotopic (exact) mass is 226 g/mol. The minimum absolute atomic E-state index is 0.221. The Bertz CT molecular complexity index is 291. The first-order valence-electron chi connectivity index (χ1n) is 5.46. The first kappa shape index (κ1) is 12.5. The number of hydrogen-bond donors (Lipinski definition) is 2. The molecule has 2 N–H and O–H groups in total. The van der Waals surface area contributed by atoms with Crippen molar-refractivity contribution in [2.75, 3.05) is 13.1 Å². The van der Waals surface area contributed by atoms with Gasteiger partial charge in [0.1, 0.15) is 6.54 Å². The molecule has 2 amide bonds. The minimum atomic E-state index is -1.01. The highest BCUT2D eigenvalue weighted by molar-refractivity contribution is 5.80. The number of carbonyl (C=O) groups is 2. The molecule has 5 heteroatoms. The van der Waals surface area contributed by atoms with Gasteiger partial charge in [-0.25, -0.2) is 4.79 Å². The zero-order chi connectivity index (χ0) is 12.1. The first-order valence-corrected chi connectivity index (χ1v) is 5.46. The van der Waals surface area contributed by atoms with Crippen molar-refractivity contribution in [2.45, 2.75) is 25.8 Å². The van der Waals surface area contributed by atoms with Crippen LogP contribution in [-0.2, 0) is 4.79 Å². The largest absolute Gasteiger partial charge is 0.480 e. The number of carboxylic acids is 1. The molecule has 0 aromatic carbocycles. The van der Waals surface area contributed by atoms with Crippen molar-refractivity contribution in [2.24, 2.45) is 5.92 Å². The van der Waals surface area contributed by atoms with Crippen LogP contribution in [0.25, 0.3) is 0 Å². The van der Waals surface area contributed by atoms with Crippen LogP contribution in [0.1, 0.15) is 19.8 Å². The quantitative estimate of drug-likeness (QED) is 0.665. The van der Waals surface area contributed by atoms with Crippen LogP contribution in [0.15, 0.2) is 12.7 Å². The van der Waals surface area contributed by atoms with E-state index >= 15 is 0 Å². The van der Waals surface area contributed by atoms with Gasteiger partial charge in [0.2, 0.25) is 0 Å². The Balaban J connectivity index is 2.41. The summed E-state index contributed by atoms with van der Waals surface area (Å²) >= 11 is 0. The third kappa shape index (κ3) is 3.56. The van der Waals surface area contributed by atoms with Crippen LogP contribution >= 0.6 is 0 Å². The van der Waals surface area contributed by atoms with Gasteiger partial charge in [0.15, 0.2) is 0 Å². The predicted octanol–water partition coefficient (Wildman–Crippen LogP) is 1.07. The van der Waals surface area contributed by atoms with E-state index < -0.39 is 5.97 Å². The fraction of sp³-hybridized carbons (Fsp3) is 0.636. The van der Waals surface area contributed by atoms with Crippen LogP contribution < -0.4 is 5.32 Å². The molecule has 2 unspecified atom stereocenters. The summed E-state index contributed by atoms with van der Waals surface area (Å²) in [6.07, 6.45) is 3.56. The maximum atomic E-state index is 11.7. The Kier molecular flexibility index (Phi) is 4.34. The molecule has 0 aliphatic heterocycles. The van der Waals surface area contributed by atoms with Crippen molar-refractivity contribution in [3.8, 4) is 0 Å². The number of urea groups is 1. The summed E-state index contributed by atoms with van der Waals surface area (Å²) in [4.78, 5) is 23.5. The molecule has 0 aromatic rings. The molecule has 5 nitrogen and oxygen atoms in total. The molecule has 0 heterocycles. The van der Waals surface area contributed by atoms with Gasteiger partial charge in [-0.05, 0) is 12.3 Å². The number of rotatable bonds is 6. The minimum Gasteiger partial charge on any atom is -0.480 e. The molecule has 16 heavy (non-hydrogen) atoms. The molecule has 0 bridgehead atoms. The van der Waals surface area contributed by atoms with Crippen LogP contribution in [0.5, 0.6) is 0 Å². The lowest BCUT2D eigenvalue weighted by Crippen LogP contribution is -2.44. The highest BCUT2D eigenvalue weighted by Crippen LogP contribution is 2.33. The fourth-order valence-corrected chi connectivity index (χ4v) is 1.66. The second-order valence-electron chi connectivity index (χ2n) is 4.02. The molecule has 2 atom stereocenters. The molecular weight excluding hydrogens is 208 g/mol. The topological polar surface area (TPSA) is 69.6 Å². The lowest BCUT2D eigenvalue weighted by molar-refractivity contribution is -0.137. The van der Waals surface area contributed by atoms with Crippen molar-refractivity contribution < 1.29 is 14.7 Å². The summed E-state index contributed by atoms with van der Waals surface area (Å²) < 4.78 is 0. The molecule has 1 fully saturated rings. The van der Waals surface area contributed by atoms with Gasteiger partial charge in [0.05, 0.1) is 0 Å². The van der Waals surface area contributed by atoms with Crippen LogP contribution in [-0.4, -0.2) is 41.1 Å². The van der Waals surface area contributed by atoms with Crippen molar-refractivity contribution in [1.29, 1.82) is 0 Å². The SMILES string of the molecule is C=CCN(CC(=O)O)C(=O)NC1CC1CC. The predicted molar refractivity (Wildman–Crippen MR) is 60.1 cm³/mol. The van der Waals surface area contributed by atoms with Gasteiger partial charge in [-0.15, -0.1) is 6.58 Å². The summed E-state index contributed by atoms with van der Waals surface area (Å²) in [5.74, 6) is -0.459. The Morgan fingerprint density at radius 1 is 1.62 bits per heavy atom. The summed E-state index contributed by atoms with van der Waals surface area (Å²) in [5, 5.41) is 11.5. The van der Waals surface area contributed by atoms with Crippen molar-refractivity contribution in [3.63, 3.8) is 0 Å². The molecule has 0 radical (unpaired) electrons. The smallest absolute Gasteiger partial charge is 0.323 e. The van der Waals surface area contributed by atoms with Gasteiger partial charge >= 0.3 is 12.0 Å². The van der Waals surface area contributed by atoms with E-state index in [0.717, 1.165) is 12.8 Å². The number of carboxylic acid groups (broad SMARTS) is 1. The number of aliphatic carboxylic acids is 1. The number of nitrogens with zero attached hydrogens (tertiary/aromatic N) is 1. The van der Waals surface area contributed by atoms with E-state index in [1.54, 1.807) is 0 Å². The number of amides is 2. The Morgan fingerprint density at radius 2 is 2.31 bits per heavy atom. The lowest BCUT2D eigenvalue weighted by Gasteiger charge is -2.19. The third-order valence-electron chi connectivity index (χ3n) is 2.72. The fourth-order valence-electron chi connectivity index (χ4n) is 1.66. The van der Waals surface area contributed by atoms with Gasteiger partial charge in [-0.1, -0.05) is 19.4 Å². The van der Waals surface area contributed by atoms with Gasteiger partial charge in [0, 0.05) is 12.6 Å². The molecule has 90 valence electrons. The van der Waals surface area contributed by atoms with Crippen LogP contribution in [0, 0.1) is 5.92 Å². The van der Waals surface area contributed by atoms with E-state index in [9.17, 15) is 9.59 Å². The van der Waals surface area contributed by atoms with E-state index in [2.05, 4.69) is 18.8 Å². The summed E-state index contributed by atoms with van der Waals surface area (Å²) in [6, 6.07) is -0.0955. The van der Waals surface area contributed by atoms with E-state index in [1.165, 1.54) is 11.0 Å². The molecule has 0 spiro atoms. The molecular formula is C11H18N2O3. The summed E-state index contributed by atoms with van der Waals surface area (Å²) in [5.41, 5.74) is 0. The van der Waals surface area contributed by atoms with Gasteiger partial charge in [-0.2, -0.15) is 0 Å². The Labute approximate surface area is 95.1 Å². The molecule has 0 saturated heterocycles. The molecule has 1 saturated carbocycles. The van der Waals surface area contributed by atoms with Crippen molar-refractivity contribution >= 4 is 12.0 Å². The first-order chi connectivity index (χ1) is 7.58. The number of carbonyl (C=O) groups excluding carboxylic acids is 1. The number of hydrogen-bond acceptors (Lipinski definition) is 2. The second kappa shape index (κ2) is 5.53. The van der Waals surface area contributed by atoms with Crippen molar-refractivity contribution in [1.82, 2.24) is 10.2 Å². The van der Waals surface area contributed by atoms with Gasteiger partial charge in [0.25, 0.3) is 0 Å². The average molecular weight is 226 g/mol. The standard InChI is InChI=1S/C11H18N2O3/c1-3-5-13(7-10(14)15)11(16)12-9-6-8(9)4-2/h3,8-9H,1,4-7H2,2H3,(H,12,16)(H,14,15). The highest BCUT2D eigenvalue weighted by atomic mass is 16.4. The maximum Gasteiger partial charge on any atom is 0.323 e. The Morgan fingerprint density at radius 3 is 2.75 bits per heavy atom. The zero-order valence-electron chi connectivity index (χ0n) is 9.48. The van der Waals surface area contributed by atoms with Crippen LogP contribution in [0.3, 0.4) is 0 Å². The van der Waals surface area contributed by atoms with Crippen molar-refractivity contribution in [3.05, 3.63) is 12.7 Å². The zero-order valence-corrected chi connectivity index (χ0v) is 9.48.